The number of benzene rings is 2. The lowest BCUT2D eigenvalue weighted by atomic mass is 10.0. The third-order valence-electron chi connectivity index (χ3n) is 4.00. The second kappa shape index (κ2) is 5.83. The fourth-order valence-electron chi connectivity index (χ4n) is 2.60. The second-order valence-electron chi connectivity index (χ2n) is 5.83. The number of carbonyl (C=O) groups is 1. The first kappa shape index (κ1) is 15.0. The van der Waals surface area contributed by atoms with Crippen molar-refractivity contribution in [1.29, 1.82) is 0 Å². The molecular formula is C18H13ClFN3O. The molecule has 0 saturated heterocycles. The van der Waals surface area contributed by atoms with Gasteiger partial charge in [0.05, 0.1) is 16.8 Å². The number of halogens is 2. The molecule has 1 N–H and O–H groups in total. The number of hydrogen-bond acceptors (Lipinski definition) is 3. The van der Waals surface area contributed by atoms with Gasteiger partial charge >= 0.3 is 0 Å². The molecule has 0 atom stereocenters. The molecule has 120 valence electrons. The molecule has 4 nitrogen and oxygen atoms in total. The van der Waals surface area contributed by atoms with Gasteiger partial charge in [0.15, 0.2) is 0 Å². The molecule has 0 spiro atoms. The standard InChI is InChI=1S/C18H13ClFN3O/c19-11-2-6-16-14(8-11)17(22-9-21-16)10-1-5-13(15(20)7-10)18(24)23-12-3-4-12/h1-2,5-9,12H,3-4H2,(H,23,24). The molecule has 1 amide bonds. The van der Waals surface area contributed by atoms with E-state index in [-0.39, 0.29) is 17.5 Å². The van der Waals surface area contributed by atoms with Crippen molar-refractivity contribution >= 4 is 28.4 Å². The summed E-state index contributed by atoms with van der Waals surface area (Å²) in [5, 5.41) is 4.08. The Morgan fingerprint density at radius 1 is 1.17 bits per heavy atom. The van der Waals surface area contributed by atoms with Crippen molar-refractivity contribution in [2.75, 3.05) is 0 Å². The predicted molar refractivity (Wildman–Crippen MR) is 90.4 cm³/mol. The van der Waals surface area contributed by atoms with Crippen molar-refractivity contribution in [2.24, 2.45) is 0 Å². The Balaban J connectivity index is 1.76. The van der Waals surface area contributed by atoms with E-state index in [1.54, 1.807) is 24.3 Å². The van der Waals surface area contributed by atoms with E-state index in [2.05, 4.69) is 15.3 Å². The summed E-state index contributed by atoms with van der Waals surface area (Å²) in [5.41, 5.74) is 1.92. The van der Waals surface area contributed by atoms with Crippen LogP contribution in [0.5, 0.6) is 0 Å². The van der Waals surface area contributed by atoms with Crippen LogP contribution in [0.3, 0.4) is 0 Å². The van der Waals surface area contributed by atoms with Gasteiger partial charge in [0.2, 0.25) is 0 Å². The molecule has 24 heavy (non-hydrogen) atoms. The zero-order valence-electron chi connectivity index (χ0n) is 12.6. The summed E-state index contributed by atoms with van der Waals surface area (Å²) in [6, 6.07) is 9.96. The lowest BCUT2D eigenvalue weighted by Gasteiger charge is -2.08. The zero-order valence-corrected chi connectivity index (χ0v) is 13.3. The number of aromatic nitrogens is 2. The molecule has 1 aromatic heterocycles. The molecular weight excluding hydrogens is 329 g/mol. The van der Waals surface area contributed by atoms with Gasteiger partial charge in [-0.3, -0.25) is 4.79 Å². The summed E-state index contributed by atoms with van der Waals surface area (Å²) in [6.07, 6.45) is 3.34. The lowest BCUT2D eigenvalue weighted by molar-refractivity contribution is 0.0947. The Morgan fingerprint density at radius 2 is 2.00 bits per heavy atom. The summed E-state index contributed by atoms with van der Waals surface area (Å²) in [7, 11) is 0. The molecule has 1 aliphatic rings. The molecule has 1 aliphatic carbocycles. The minimum Gasteiger partial charge on any atom is -0.349 e. The van der Waals surface area contributed by atoms with Gasteiger partial charge < -0.3 is 5.32 Å². The van der Waals surface area contributed by atoms with E-state index in [1.807, 2.05) is 0 Å². The van der Waals surface area contributed by atoms with Crippen LogP contribution < -0.4 is 5.32 Å². The number of carbonyl (C=O) groups excluding carboxylic acids is 1. The van der Waals surface area contributed by atoms with Gasteiger partial charge in [0.1, 0.15) is 12.1 Å². The maximum Gasteiger partial charge on any atom is 0.254 e. The van der Waals surface area contributed by atoms with Gasteiger partial charge in [0, 0.05) is 22.0 Å². The van der Waals surface area contributed by atoms with Crippen molar-refractivity contribution in [1.82, 2.24) is 15.3 Å². The summed E-state index contributed by atoms with van der Waals surface area (Å²) in [6.45, 7) is 0. The number of nitrogens with one attached hydrogen (secondary N) is 1. The lowest BCUT2D eigenvalue weighted by Crippen LogP contribution is -2.26. The molecule has 1 saturated carbocycles. The summed E-state index contributed by atoms with van der Waals surface area (Å²) >= 11 is 6.05. The first-order valence-electron chi connectivity index (χ1n) is 7.63. The molecule has 6 heteroatoms. The quantitative estimate of drug-likeness (QED) is 0.784. The van der Waals surface area contributed by atoms with E-state index in [0.29, 0.717) is 16.3 Å². The number of fused-ring (bicyclic) bond motifs is 1. The highest BCUT2D eigenvalue weighted by Crippen LogP contribution is 2.29. The van der Waals surface area contributed by atoms with Gasteiger partial charge in [-0.2, -0.15) is 0 Å². The van der Waals surface area contributed by atoms with Crippen LogP contribution in [-0.4, -0.2) is 21.9 Å². The largest absolute Gasteiger partial charge is 0.349 e. The third kappa shape index (κ3) is 2.83. The number of rotatable bonds is 3. The van der Waals surface area contributed by atoms with E-state index >= 15 is 0 Å². The highest BCUT2D eigenvalue weighted by molar-refractivity contribution is 6.31. The summed E-state index contributed by atoms with van der Waals surface area (Å²) < 4.78 is 14.4. The van der Waals surface area contributed by atoms with Crippen LogP contribution in [0, 0.1) is 5.82 Å². The van der Waals surface area contributed by atoms with Gasteiger partial charge in [0.25, 0.3) is 5.91 Å². The van der Waals surface area contributed by atoms with Crippen molar-refractivity contribution in [2.45, 2.75) is 18.9 Å². The predicted octanol–water partition coefficient (Wildman–Crippen LogP) is 3.98. The Labute approximate surface area is 142 Å². The van der Waals surface area contributed by atoms with Crippen LogP contribution in [0.2, 0.25) is 5.02 Å². The Morgan fingerprint density at radius 3 is 2.75 bits per heavy atom. The maximum absolute atomic E-state index is 14.4. The van der Waals surface area contributed by atoms with Gasteiger partial charge in [-0.15, -0.1) is 0 Å². The molecule has 0 aliphatic heterocycles. The second-order valence-corrected chi connectivity index (χ2v) is 6.26. The number of nitrogens with zero attached hydrogens (tertiary/aromatic N) is 2. The van der Waals surface area contributed by atoms with Crippen molar-refractivity contribution < 1.29 is 9.18 Å². The smallest absolute Gasteiger partial charge is 0.254 e. The zero-order chi connectivity index (χ0) is 16.7. The molecule has 0 bridgehead atoms. The fraction of sp³-hybridized carbons (Fsp3) is 0.167. The van der Waals surface area contributed by atoms with Crippen LogP contribution in [0.25, 0.3) is 22.2 Å². The Hall–Kier alpha value is -2.53. The van der Waals surface area contributed by atoms with Gasteiger partial charge in [-0.25, -0.2) is 14.4 Å². The van der Waals surface area contributed by atoms with E-state index in [9.17, 15) is 9.18 Å². The van der Waals surface area contributed by atoms with Gasteiger partial charge in [-0.1, -0.05) is 17.7 Å². The first-order chi connectivity index (χ1) is 11.6. The molecule has 1 fully saturated rings. The minimum atomic E-state index is -0.570. The van der Waals surface area contributed by atoms with E-state index in [0.717, 1.165) is 23.7 Å². The minimum absolute atomic E-state index is 0.0436. The number of hydrogen-bond donors (Lipinski definition) is 1. The third-order valence-corrected chi connectivity index (χ3v) is 4.23. The SMILES string of the molecule is O=C(NC1CC1)c1ccc(-c2ncnc3ccc(Cl)cc23)cc1F. The summed E-state index contributed by atoms with van der Waals surface area (Å²) in [4.78, 5) is 20.5. The van der Waals surface area contributed by atoms with Crippen LogP contribution in [0.15, 0.2) is 42.7 Å². The first-order valence-corrected chi connectivity index (χ1v) is 8.00. The highest BCUT2D eigenvalue weighted by atomic mass is 35.5. The van der Waals surface area contributed by atoms with Crippen molar-refractivity contribution in [3.05, 3.63) is 59.1 Å². The van der Waals surface area contributed by atoms with Crippen LogP contribution >= 0.6 is 11.6 Å². The highest BCUT2D eigenvalue weighted by Gasteiger charge is 2.25. The molecule has 2 aromatic carbocycles. The molecule has 0 unspecified atom stereocenters. The fourth-order valence-corrected chi connectivity index (χ4v) is 2.77. The van der Waals surface area contributed by atoms with Crippen LogP contribution in [0.1, 0.15) is 23.2 Å². The molecule has 4 rings (SSSR count). The average molecular weight is 342 g/mol. The van der Waals surface area contributed by atoms with Crippen molar-refractivity contribution in [3.63, 3.8) is 0 Å². The Bertz CT molecular complexity index is 956. The van der Waals surface area contributed by atoms with Gasteiger partial charge in [-0.05, 0) is 43.2 Å². The molecule has 0 radical (unpaired) electrons. The van der Waals surface area contributed by atoms with E-state index < -0.39 is 5.82 Å². The molecule has 1 heterocycles. The molecule has 3 aromatic rings. The average Bonchev–Trinajstić information content (AvgIpc) is 3.38. The van der Waals surface area contributed by atoms with Crippen LogP contribution in [-0.2, 0) is 0 Å². The van der Waals surface area contributed by atoms with E-state index in [1.165, 1.54) is 18.5 Å². The van der Waals surface area contributed by atoms with Crippen LogP contribution in [0.4, 0.5) is 4.39 Å². The normalized spacial score (nSPS) is 13.9. The number of amides is 1. The van der Waals surface area contributed by atoms with E-state index in [4.69, 9.17) is 11.6 Å². The summed E-state index contributed by atoms with van der Waals surface area (Å²) in [5.74, 6) is -0.948. The maximum atomic E-state index is 14.4. The topological polar surface area (TPSA) is 54.9 Å². The Kier molecular flexibility index (Phi) is 3.65. The monoisotopic (exact) mass is 341 g/mol. The van der Waals surface area contributed by atoms with Crippen molar-refractivity contribution in [3.8, 4) is 11.3 Å².